The van der Waals surface area contributed by atoms with E-state index in [9.17, 15) is 9.59 Å². The summed E-state index contributed by atoms with van der Waals surface area (Å²) in [4.78, 5) is 26.0. The first-order valence-electron chi connectivity index (χ1n) is 6.20. The Morgan fingerprint density at radius 2 is 1.88 bits per heavy atom. The van der Waals surface area contributed by atoms with Crippen molar-refractivity contribution < 1.29 is 9.59 Å². The van der Waals surface area contributed by atoms with Gasteiger partial charge >= 0.3 is 0 Å². The van der Waals surface area contributed by atoms with Crippen LogP contribution in [0.1, 0.15) is 19.8 Å². The molecule has 0 aromatic carbocycles. The molecule has 0 radical (unpaired) electrons. The minimum absolute atomic E-state index is 0.0401. The van der Waals surface area contributed by atoms with Crippen LogP contribution in [-0.2, 0) is 9.59 Å². The van der Waals surface area contributed by atoms with Crippen LogP contribution < -0.4 is 0 Å². The second-order valence-corrected chi connectivity index (χ2v) is 5.14. The van der Waals surface area contributed by atoms with Gasteiger partial charge in [-0.05, 0) is 24.7 Å². The SMILES string of the molecule is C#CC(CC)N1C(=O)C2C3C=CC(C3)C2C1=O. The van der Waals surface area contributed by atoms with Gasteiger partial charge in [0.15, 0.2) is 0 Å². The van der Waals surface area contributed by atoms with Crippen molar-refractivity contribution in [3.05, 3.63) is 12.2 Å². The summed E-state index contributed by atoms with van der Waals surface area (Å²) in [5.74, 6) is 2.76. The first kappa shape index (κ1) is 10.6. The number of amides is 2. The molecular formula is C14H15NO2. The number of rotatable bonds is 2. The number of terminal acetylenes is 1. The monoisotopic (exact) mass is 229 g/mol. The van der Waals surface area contributed by atoms with Gasteiger partial charge in [0, 0.05) is 0 Å². The molecule has 1 saturated carbocycles. The Morgan fingerprint density at radius 1 is 1.35 bits per heavy atom. The summed E-state index contributed by atoms with van der Waals surface area (Å²) in [6.07, 6.45) is 11.2. The predicted molar refractivity (Wildman–Crippen MR) is 62.5 cm³/mol. The average Bonchev–Trinajstić information content (AvgIpc) is 2.98. The van der Waals surface area contributed by atoms with Crippen LogP contribution in [0.5, 0.6) is 0 Å². The normalized spacial score (nSPS) is 39.6. The highest BCUT2D eigenvalue weighted by molar-refractivity contribution is 6.07. The standard InChI is InChI=1S/C14H15NO2/c1-3-10(4-2)15-13(16)11-8-5-6-9(7-8)12(11)14(15)17/h1,5-6,8-12H,4,7H2,2H3. The molecular weight excluding hydrogens is 214 g/mol. The van der Waals surface area contributed by atoms with Gasteiger partial charge in [-0.1, -0.05) is 25.0 Å². The molecule has 1 aliphatic heterocycles. The van der Waals surface area contributed by atoms with Gasteiger partial charge in [0.1, 0.15) is 6.04 Å². The molecule has 88 valence electrons. The maximum Gasteiger partial charge on any atom is 0.234 e. The zero-order valence-corrected chi connectivity index (χ0v) is 9.80. The number of likely N-dealkylation sites (tertiary alicyclic amines) is 1. The first-order chi connectivity index (χ1) is 8.19. The predicted octanol–water partition coefficient (Wildman–Crippen LogP) is 1.21. The zero-order chi connectivity index (χ0) is 12.2. The lowest BCUT2D eigenvalue weighted by atomic mass is 9.85. The molecule has 0 aromatic heterocycles. The molecule has 2 fully saturated rings. The fourth-order valence-corrected chi connectivity index (χ4v) is 3.61. The van der Waals surface area contributed by atoms with E-state index in [1.807, 2.05) is 6.92 Å². The van der Waals surface area contributed by atoms with E-state index < -0.39 is 0 Å². The highest BCUT2D eigenvalue weighted by atomic mass is 16.2. The first-order valence-corrected chi connectivity index (χ1v) is 6.20. The molecule has 2 aliphatic carbocycles. The van der Waals surface area contributed by atoms with Crippen molar-refractivity contribution in [1.82, 2.24) is 4.90 Å². The minimum Gasteiger partial charge on any atom is -0.274 e. The summed E-state index contributed by atoms with van der Waals surface area (Å²) >= 11 is 0. The molecule has 0 spiro atoms. The number of fused-ring (bicyclic) bond motifs is 5. The van der Waals surface area contributed by atoms with E-state index in [4.69, 9.17) is 6.42 Å². The second-order valence-electron chi connectivity index (χ2n) is 5.14. The van der Waals surface area contributed by atoms with Crippen LogP contribution in [0.15, 0.2) is 12.2 Å². The third-order valence-electron chi connectivity index (χ3n) is 4.40. The molecule has 3 rings (SSSR count). The lowest BCUT2D eigenvalue weighted by Gasteiger charge is -2.22. The molecule has 3 heteroatoms. The Kier molecular flexibility index (Phi) is 2.16. The summed E-state index contributed by atoms with van der Waals surface area (Å²) in [6.45, 7) is 1.91. The van der Waals surface area contributed by atoms with E-state index in [1.54, 1.807) is 0 Å². The van der Waals surface area contributed by atoms with Gasteiger partial charge in [0.05, 0.1) is 11.8 Å². The average molecular weight is 229 g/mol. The quantitative estimate of drug-likeness (QED) is 0.405. The molecule has 2 amide bonds. The highest BCUT2D eigenvalue weighted by Gasteiger charge is 2.60. The van der Waals surface area contributed by atoms with Gasteiger partial charge in [0.2, 0.25) is 11.8 Å². The number of allylic oxidation sites excluding steroid dienone is 2. The van der Waals surface area contributed by atoms with Crippen molar-refractivity contribution in [2.45, 2.75) is 25.8 Å². The molecule has 3 aliphatic rings. The number of carbonyl (C=O) groups is 2. The van der Waals surface area contributed by atoms with Crippen molar-refractivity contribution in [2.75, 3.05) is 0 Å². The van der Waals surface area contributed by atoms with E-state index in [1.165, 1.54) is 4.90 Å². The molecule has 1 heterocycles. The van der Waals surface area contributed by atoms with Crippen LogP contribution in [0.4, 0.5) is 0 Å². The second kappa shape index (κ2) is 3.46. The van der Waals surface area contributed by atoms with E-state index in [-0.39, 0.29) is 41.5 Å². The number of nitrogens with zero attached hydrogens (tertiary/aromatic N) is 1. The van der Waals surface area contributed by atoms with Gasteiger partial charge in [-0.2, -0.15) is 0 Å². The Hall–Kier alpha value is -1.56. The summed E-state index contributed by atoms with van der Waals surface area (Å²) in [5.41, 5.74) is 0. The smallest absolute Gasteiger partial charge is 0.234 e. The minimum atomic E-state index is -0.361. The van der Waals surface area contributed by atoms with E-state index in [0.717, 1.165) is 6.42 Å². The van der Waals surface area contributed by atoms with Crippen molar-refractivity contribution >= 4 is 11.8 Å². The maximum absolute atomic E-state index is 12.3. The van der Waals surface area contributed by atoms with Crippen molar-refractivity contribution in [3.8, 4) is 12.3 Å². The van der Waals surface area contributed by atoms with Crippen LogP contribution in [0, 0.1) is 36.0 Å². The van der Waals surface area contributed by atoms with Gasteiger partial charge in [-0.25, -0.2) is 0 Å². The Bertz CT molecular complexity index is 429. The molecule has 2 bridgehead atoms. The third-order valence-corrected chi connectivity index (χ3v) is 4.40. The number of hydrogen-bond donors (Lipinski definition) is 0. The third kappa shape index (κ3) is 1.18. The lowest BCUT2D eigenvalue weighted by molar-refractivity contribution is -0.142. The largest absolute Gasteiger partial charge is 0.274 e. The zero-order valence-electron chi connectivity index (χ0n) is 9.80. The number of carbonyl (C=O) groups excluding carboxylic acids is 2. The Labute approximate surface area is 101 Å². The summed E-state index contributed by atoms with van der Waals surface area (Å²) in [6, 6.07) is -0.361. The fourth-order valence-electron chi connectivity index (χ4n) is 3.61. The van der Waals surface area contributed by atoms with Crippen LogP contribution >= 0.6 is 0 Å². The van der Waals surface area contributed by atoms with Gasteiger partial charge in [-0.3, -0.25) is 14.5 Å². The van der Waals surface area contributed by atoms with Gasteiger partial charge < -0.3 is 0 Å². The van der Waals surface area contributed by atoms with Crippen LogP contribution in [0.2, 0.25) is 0 Å². The lowest BCUT2D eigenvalue weighted by Crippen LogP contribution is -2.40. The van der Waals surface area contributed by atoms with Crippen LogP contribution in [0.3, 0.4) is 0 Å². The van der Waals surface area contributed by atoms with Crippen LogP contribution in [-0.4, -0.2) is 22.8 Å². The molecule has 1 saturated heterocycles. The highest BCUT2D eigenvalue weighted by Crippen LogP contribution is 2.52. The van der Waals surface area contributed by atoms with E-state index in [2.05, 4.69) is 18.1 Å². The molecule has 17 heavy (non-hydrogen) atoms. The Balaban J connectivity index is 1.95. The van der Waals surface area contributed by atoms with Crippen molar-refractivity contribution in [3.63, 3.8) is 0 Å². The van der Waals surface area contributed by atoms with Crippen molar-refractivity contribution in [2.24, 2.45) is 23.7 Å². The van der Waals surface area contributed by atoms with Crippen molar-refractivity contribution in [1.29, 1.82) is 0 Å². The molecule has 3 nitrogen and oxygen atoms in total. The topological polar surface area (TPSA) is 37.4 Å². The fraction of sp³-hybridized carbons (Fsp3) is 0.571. The maximum atomic E-state index is 12.3. The molecule has 5 unspecified atom stereocenters. The molecule has 0 aromatic rings. The van der Waals surface area contributed by atoms with E-state index >= 15 is 0 Å². The summed E-state index contributed by atoms with van der Waals surface area (Å²) < 4.78 is 0. The molecule has 0 N–H and O–H groups in total. The van der Waals surface area contributed by atoms with Crippen LogP contribution in [0.25, 0.3) is 0 Å². The van der Waals surface area contributed by atoms with Gasteiger partial charge in [-0.15, -0.1) is 6.42 Å². The molecule has 5 atom stereocenters. The summed E-state index contributed by atoms with van der Waals surface area (Å²) in [7, 11) is 0. The summed E-state index contributed by atoms with van der Waals surface area (Å²) in [5, 5.41) is 0. The number of imide groups is 1. The van der Waals surface area contributed by atoms with Gasteiger partial charge in [0.25, 0.3) is 0 Å². The Morgan fingerprint density at radius 3 is 2.29 bits per heavy atom. The number of hydrogen-bond acceptors (Lipinski definition) is 2. The van der Waals surface area contributed by atoms with E-state index in [0.29, 0.717) is 6.42 Å².